The first-order valence-electron chi connectivity index (χ1n) is 9.69. The second-order valence-corrected chi connectivity index (χ2v) is 7.14. The van der Waals surface area contributed by atoms with Crippen molar-refractivity contribution in [2.45, 2.75) is 27.2 Å². The summed E-state index contributed by atoms with van der Waals surface area (Å²) in [4.78, 5) is 24.8. The van der Waals surface area contributed by atoms with Crippen molar-refractivity contribution < 1.29 is 14.6 Å². The maximum absolute atomic E-state index is 12.1. The van der Waals surface area contributed by atoms with Crippen molar-refractivity contribution in [1.82, 2.24) is 14.8 Å². The van der Waals surface area contributed by atoms with Crippen LogP contribution in [0.25, 0.3) is 17.1 Å². The molecule has 0 aliphatic rings. The lowest BCUT2D eigenvalue weighted by atomic mass is 10.0. The van der Waals surface area contributed by atoms with Gasteiger partial charge in [0.1, 0.15) is 17.2 Å². The number of aromatic nitrogens is 3. The molecule has 1 amide bonds. The number of nitrogens with zero attached hydrogens (tertiary/aromatic N) is 4. The lowest BCUT2D eigenvalue weighted by Gasteiger charge is -2.22. The smallest absolute Gasteiger partial charge is 0.223 e. The molecule has 10 heteroatoms. The molecule has 2 aromatic carbocycles. The van der Waals surface area contributed by atoms with E-state index in [1.54, 1.807) is 33.7 Å². The van der Waals surface area contributed by atoms with Crippen LogP contribution in [0.5, 0.6) is 11.5 Å². The zero-order valence-electron chi connectivity index (χ0n) is 17.7. The molecule has 0 radical (unpaired) electrons. The number of methoxy groups -OCH3 is 1. The standard InChI is InChI=1S/C21H23N5O4S/c1-5-13-9-15(18(28)11-16(13)24-29)20-22-23-21(31)26(20)14-7-8-19(30-4)17(10-14)25(6-2)12(3)27/h7-11,28H,5-6H2,1-4H3,(H,23,31). The molecule has 31 heavy (non-hydrogen) atoms. The molecule has 0 unspecified atom stereocenters. The highest BCUT2D eigenvalue weighted by Crippen LogP contribution is 2.37. The highest BCUT2D eigenvalue weighted by atomic mass is 32.1. The molecule has 1 aromatic heterocycles. The second-order valence-electron chi connectivity index (χ2n) is 6.75. The van der Waals surface area contributed by atoms with Gasteiger partial charge in [0, 0.05) is 19.5 Å². The van der Waals surface area contributed by atoms with Gasteiger partial charge in [0.25, 0.3) is 0 Å². The van der Waals surface area contributed by atoms with E-state index in [0.29, 0.717) is 51.8 Å². The normalized spacial score (nSPS) is 10.7. The van der Waals surface area contributed by atoms with Gasteiger partial charge >= 0.3 is 0 Å². The number of nitroso groups, excluding NO2 is 1. The highest BCUT2D eigenvalue weighted by Gasteiger charge is 2.20. The Bertz CT molecular complexity index is 1200. The number of nitrogens with one attached hydrogen (secondary N) is 1. The summed E-state index contributed by atoms with van der Waals surface area (Å²) in [6, 6.07) is 8.29. The molecule has 9 nitrogen and oxygen atoms in total. The van der Waals surface area contributed by atoms with Crippen molar-refractivity contribution in [2.24, 2.45) is 5.18 Å². The van der Waals surface area contributed by atoms with Crippen molar-refractivity contribution >= 4 is 29.5 Å². The van der Waals surface area contributed by atoms with Crippen molar-refractivity contribution in [3.63, 3.8) is 0 Å². The Balaban J connectivity index is 2.24. The Morgan fingerprint density at radius 1 is 1.32 bits per heavy atom. The van der Waals surface area contributed by atoms with Crippen LogP contribution in [-0.4, -0.2) is 39.4 Å². The largest absolute Gasteiger partial charge is 0.507 e. The molecule has 3 aromatic rings. The molecular weight excluding hydrogens is 418 g/mol. The molecule has 162 valence electrons. The average Bonchev–Trinajstić information content (AvgIpc) is 3.14. The van der Waals surface area contributed by atoms with E-state index in [-0.39, 0.29) is 17.3 Å². The fraction of sp³-hybridized carbons (Fsp3) is 0.286. The van der Waals surface area contributed by atoms with Gasteiger partial charge in [-0.2, -0.15) is 5.10 Å². The fourth-order valence-electron chi connectivity index (χ4n) is 3.48. The molecule has 0 saturated heterocycles. The Morgan fingerprint density at radius 2 is 2.06 bits per heavy atom. The first-order valence-corrected chi connectivity index (χ1v) is 10.1. The number of H-pyrrole nitrogens is 1. The van der Waals surface area contributed by atoms with Crippen LogP contribution >= 0.6 is 12.2 Å². The first-order chi connectivity index (χ1) is 14.9. The van der Waals surface area contributed by atoms with Crippen LogP contribution in [0.3, 0.4) is 0 Å². The summed E-state index contributed by atoms with van der Waals surface area (Å²) in [5.74, 6) is 0.623. The quantitative estimate of drug-likeness (QED) is 0.408. The molecule has 2 N–H and O–H groups in total. The van der Waals surface area contributed by atoms with E-state index in [1.807, 2.05) is 13.8 Å². The lowest BCUT2D eigenvalue weighted by molar-refractivity contribution is -0.116. The number of aromatic amines is 1. The highest BCUT2D eigenvalue weighted by molar-refractivity contribution is 7.71. The molecular formula is C21H23N5O4S. The number of anilines is 1. The van der Waals surface area contributed by atoms with E-state index in [1.165, 1.54) is 20.1 Å². The number of hydrogen-bond donors (Lipinski definition) is 2. The first kappa shape index (κ1) is 22.2. The lowest BCUT2D eigenvalue weighted by Crippen LogP contribution is -2.28. The predicted octanol–water partition coefficient (Wildman–Crippen LogP) is 4.64. The number of carbonyl (C=O) groups is 1. The summed E-state index contributed by atoms with van der Waals surface area (Å²) in [5.41, 5.74) is 2.46. The van der Waals surface area contributed by atoms with Crippen molar-refractivity contribution in [1.29, 1.82) is 0 Å². The minimum atomic E-state index is -0.144. The summed E-state index contributed by atoms with van der Waals surface area (Å²) in [6.45, 7) is 5.70. The van der Waals surface area contributed by atoms with Gasteiger partial charge < -0.3 is 14.7 Å². The van der Waals surface area contributed by atoms with Gasteiger partial charge in [0.2, 0.25) is 5.91 Å². The van der Waals surface area contributed by atoms with E-state index < -0.39 is 0 Å². The van der Waals surface area contributed by atoms with Gasteiger partial charge in [-0.05, 0) is 60.6 Å². The van der Waals surface area contributed by atoms with Crippen LogP contribution < -0.4 is 9.64 Å². The van der Waals surface area contributed by atoms with E-state index >= 15 is 0 Å². The van der Waals surface area contributed by atoms with E-state index in [4.69, 9.17) is 17.0 Å². The maximum Gasteiger partial charge on any atom is 0.223 e. The maximum atomic E-state index is 12.1. The number of phenolic OH excluding ortho intramolecular Hbond substituents is 1. The van der Waals surface area contributed by atoms with Gasteiger partial charge in [-0.15, -0.1) is 4.91 Å². The number of carbonyl (C=O) groups excluding carboxylic acids is 1. The zero-order valence-corrected chi connectivity index (χ0v) is 18.5. The fourth-order valence-corrected chi connectivity index (χ4v) is 3.72. The third kappa shape index (κ3) is 4.06. The summed E-state index contributed by atoms with van der Waals surface area (Å²) >= 11 is 5.44. The molecule has 1 heterocycles. The number of ether oxygens (including phenoxy) is 1. The molecule has 3 rings (SSSR count). The Morgan fingerprint density at radius 3 is 2.65 bits per heavy atom. The summed E-state index contributed by atoms with van der Waals surface area (Å²) in [6.07, 6.45) is 0.552. The predicted molar refractivity (Wildman–Crippen MR) is 121 cm³/mol. The van der Waals surface area contributed by atoms with Crippen LogP contribution in [-0.2, 0) is 11.2 Å². The van der Waals surface area contributed by atoms with Crippen molar-refractivity contribution in [3.8, 4) is 28.6 Å². The SMILES string of the molecule is CCc1cc(-c2n[nH]c(=S)n2-c2ccc(OC)c(N(CC)C(C)=O)c2)c(O)cc1N=O. The number of phenols is 1. The van der Waals surface area contributed by atoms with Gasteiger partial charge in [-0.1, -0.05) is 6.92 Å². The van der Waals surface area contributed by atoms with E-state index in [9.17, 15) is 14.8 Å². The number of amides is 1. The van der Waals surface area contributed by atoms with E-state index in [2.05, 4.69) is 15.4 Å². The topological polar surface area (TPSA) is 113 Å². The summed E-state index contributed by atoms with van der Waals surface area (Å²) in [5, 5.41) is 20.6. The van der Waals surface area contributed by atoms with Gasteiger partial charge in [-0.25, -0.2) is 0 Å². The van der Waals surface area contributed by atoms with Crippen LogP contribution in [0.1, 0.15) is 26.3 Å². The number of aromatic hydroxyl groups is 1. The third-order valence-corrected chi connectivity index (χ3v) is 5.27. The Labute approximate surface area is 184 Å². The molecule has 0 spiro atoms. The Hall–Kier alpha value is -3.53. The summed E-state index contributed by atoms with van der Waals surface area (Å²) in [7, 11) is 1.54. The summed E-state index contributed by atoms with van der Waals surface area (Å²) < 4.78 is 7.38. The molecule has 0 saturated carbocycles. The minimum absolute atomic E-state index is 0.129. The molecule has 0 bridgehead atoms. The van der Waals surface area contributed by atoms with Crippen molar-refractivity contribution in [2.75, 3.05) is 18.6 Å². The third-order valence-electron chi connectivity index (χ3n) is 5.00. The van der Waals surface area contributed by atoms with E-state index in [0.717, 1.165) is 0 Å². The van der Waals surface area contributed by atoms with Crippen LogP contribution in [0.2, 0.25) is 0 Å². The van der Waals surface area contributed by atoms with Crippen molar-refractivity contribution in [3.05, 3.63) is 45.6 Å². The zero-order chi connectivity index (χ0) is 22.7. The average molecular weight is 442 g/mol. The number of aryl methyl sites for hydroxylation is 1. The van der Waals surface area contributed by atoms with Crippen LogP contribution in [0.4, 0.5) is 11.4 Å². The molecule has 0 fully saturated rings. The van der Waals surface area contributed by atoms with Gasteiger partial charge in [-0.3, -0.25) is 14.5 Å². The minimum Gasteiger partial charge on any atom is -0.507 e. The molecule has 0 aliphatic carbocycles. The molecule has 0 aliphatic heterocycles. The van der Waals surface area contributed by atoms with Gasteiger partial charge in [0.05, 0.1) is 24.0 Å². The van der Waals surface area contributed by atoms with Gasteiger partial charge in [0.15, 0.2) is 10.6 Å². The number of benzene rings is 2. The monoisotopic (exact) mass is 441 g/mol. The Kier molecular flexibility index (Phi) is 6.50. The molecule has 0 atom stereocenters. The number of hydrogen-bond acceptors (Lipinski definition) is 7. The number of rotatable bonds is 7. The second kappa shape index (κ2) is 9.09. The van der Waals surface area contributed by atoms with Crippen LogP contribution in [0.15, 0.2) is 35.5 Å². The van der Waals surface area contributed by atoms with Crippen LogP contribution in [0, 0.1) is 9.68 Å².